The van der Waals surface area contributed by atoms with Crippen LogP contribution in [0.1, 0.15) is 20.3 Å². The third-order valence-corrected chi connectivity index (χ3v) is 5.73. The minimum Gasteiger partial charge on any atom is -0.394 e. The summed E-state index contributed by atoms with van der Waals surface area (Å²) >= 11 is 0. The van der Waals surface area contributed by atoms with Crippen LogP contribution < -0.4 is 0 Å². The molecular formula is C14H20O4S. The first kappa shape index (κ1) is 14.5. The number of aliphatic hydroxyl groups is 1. The van der Waals surface area contributed by atoms with Crippen LogP contribution in [0.25, 0.3) is 0 Å². The predicted molar refractivity (Wildman–Crippen MR) is 72.6 cm³/mol. The topological polar surface area (TPSA) is 63.6 Å². The predicted octanol–water partition coefficient (Wildman–Crippen LogP) is 1.63. The molecule has 1 aliphatic rings. The van der Waals surface area contributed by atoms with Crippen molar-refractivity contribution >= 4 is 9.84 Å². The fourth-order valence-corrected chi connectivity index (χ4v) is 4.64. The Labute approximate surface area is 114 Å². The molecule has 0 saturated carbocycles. The highest BCUT2D eigenvalue weighted by molar-refractivity contribution is 7.92. The summed E-state index contributed by atoms with van der Waals surface area (Å²) in [6, 6.07) is 8.45. The molecule has 1 aromatic carbocycles. The lowest BCUT2D eigenvalue weighted by Crippen LogP contribution is -2.34. The number of benzene rings is 1. The van der Waals surface area contributed by atoms with Gasteiger partial charge < -0.3 is 9.84 Å². The fourth-order valence-electron chi connectivity index (χ4n) is 2.55. The molecule has 1 N–H and O–H groups in total. The first-order chi connectivity index (χ1) is 8.96. The first-order valence-electron chi connectivity index (χ1n) is 6.52. The zero-order chi connectivity index (χ0) is 14.0. The largest absolute Gasteiger partial charge is 0.394 e. The Kier molecular flexibility index (Phi) is 4.28. The van der Waals surface area contributed by atoms with Crippen LogP contribution in [-0.4, -0.2) is 37.6 Å². The second kappa shape index (κ2) is 5.61. The van der Waals surface area contributed by atoms with Crippen LogP contribution in [0.3, 0.4) is 0 Å². The van der Waals surface area contributed by atoms with E-state index in [-0.39, 0.29) is 24.7 Å². The lowest BCUT2D eigenvalue weighted by atomic mass is 10.0. The molecule has 5 heteroatoms. The molecule has 3 atom stereocenters. The Morgan fingerprint density at radius 3 is 2.47 bits per heavy atom. The Morgan fingerprint density at radius 1 is 1.32 bits per heavy atom. The van der Waals surface area contributed by atoms with Gasteiger partial charge in [0, 0.05) is 0 Å². The average molecular weight is 284 g/mol. The summed E-state index contributed by atoms with van der Waals surface area (Å²) in [5, 5.41) is 8.62. The van der Waals surface area contributed by atoms with Gasteiger partial charge in [-0.05, 0) is 24.5 Å². The van der Waals surface area contributed by atoms with Crippen LogP contribution in [0.4, 0.5) is 0 Å². The van der Waals surface area contributed by atoms with Crippen molar-refractivity contribution in [1.82, 2.24) is 0 Å². The van der Waals surface area contributed by atoms with Crippen LogP contribution in [0, 0.1) is 5.92 Å². The fraction of sp³-hybridized carbons (Fsp3) is 0.571. The van der Waals surface area contributed by atoms with E-state index >= 15 is 0 Å². The summed E-state index contributed by atoms with van der Waals surface area (Å²) in [6.45, 7) is 3.75. The van der Waals surface area contributed by atoms with Gasteiger partial charge in [-0.25, -0.2) is 8.42 Å². The molecular weight excluding hydrogens is 264 g/mol. The maximum absolute atomic E-state index is 12.6. The van der Waals surface area contributed by atoms with Crippen LogP contribution in [0.2, 0.25) is 0 Å². The van der Waals surface area contributed by atoms with Gasteiger partial charge >= 0.3 is 0 Å². The summed E-state index contributed by atoms with van der Waals surface area (Å²) < 4.78 is 31.0. The Bertz CT molecular complexity index is 510. The molecule has 4 nitrogen and oxygen atoms in total. The highest BCUT2D eigenvalue weighted by Gasteiger charge is 2.44. The monoisotopic (exact) mass is 284 g/mol. The van der Waals surface area contributed by atoms with Gasteiger partial charge in [0.2, 0.25) is 0 Å². The number of hydrogen-bond acceptors (Lipinski definition) is 4. The molecule has 0 radical (unpaired) electrons. The summed E-state index contributed by atoms with van der Waals surface area (Å²) in [5.41, 5.74) is 0. The van der Waals surface area contributed by atoms with Crippen LogP contribution in [0.5, 0.6) is 0 Å². The van der Waals surface area contributed by atoms with Crippen molar-refractivity contribution in [2.45, 2.75) is 42.6 Å². The van der Waals surface area contributed by atoms with E-state index in [1.807, 2.05) is 13.8 Å². The lowest BCUT2D eigenvalue weighted by molar-refractivity contribution is -0.00685. The van der Waals surface area contributed by atoms with Crippen molar-refractivity contribution in [3.05, 3.63) is 30.3 Å². The SMILES string of the molecule is CC(C)[C@@H]1O[C@H](CO)C[C@H]1S(=O)(=O)c1ccccc1. The summed E-state index contributed by atoms with van der Waals surface area (Å²) in [7, 11) is -3.41. The summed E-state index contributed by atoms with van der Waals surface area (Å²) in [4.78, 5) is 0.327. The molecule has 0 unspecified atom stereocenters. The van der Waals surface area contributed by atoms with E-state index in [1.54, 1.807) is 30.3 Å². The van der Waals surface area contributed by atoms with Gasteiger partial charge in [0.25, 0.3) is 0 Å². The molecule has 0 spiro atoms. The molecule has 1 fully saturated rings. The molecule has 2 rings (SSSR count). The van der Waals surface area contributed by atoms with Crippen LogP contribution in [0.15, 0.2) is 35.2 Å². The van der Waals surface area contributed by atoms with E-state index in [4.69, 9.17) is 4.74 Å². The van der Waals surface area contributed by atoms with Gasteiger partial charge in [-0.15, -0.1) is 0 Å². The zero-order valence-corrected chi connectivity index (χ0v) is 12.0. The Morgan fingerprint density at radius 2 is 1.95 bits per heavy atom. The number of hydrogen-bond donors (Lipinski definition) is 1. The Hall–Kier alpha value is -0.910. The third kappa shape index (κ3) is 2.83. The molecule has 0 aliphatic carbocycles. The maximum atomic E-state index is 12.6. The second-order valence-electron chi connectivity index (χ2n) is 5.28. The second-order valence-corrected chi connectivity index (χ2v) is 7.45. The van der Waals surface area contributed by atoms with Gasteiger partial charge in [-0.3, -0.25) is 0 Å². The van der Waals surface area contributed by atoms with E-state index in [9.17, 15) is 13.5 Å². The minimum absolute atomic E-state index is 0.0973. The van der Waals surface area contributed by atoms with Crippen molar-refractivity contribution in [3.63, 3.8) is 0 Å². The number of sulfone groups is 1. The van der Waals surface area contributed by atoms with Crippen molar-refractivity contribution in [1.29, 1.82) is 0 Å². The smallest absolute Gasteiger partial charge is 0.183 e. The van der Waals surface area contributed by atoms with Crippen LogP contribution >= 0.6 is 0 Å². The molecule has 0 aromatic heterocycles. The normalized spacial score (nSPS) is 27.9. The molecule has 106 valence electrons. The molecule has 1 aliphatic heterocycles. The lowest BCUT2D eigenvalue weighted by Gasteiger charge is -2.22. The number of rotatable bonds is 4. The molecule has 19 heavy (non-hydrogen) atoms. The standard InChI is InChI=1S/C14H20O4S/c1-10(2)14-13(8-11(9-15)18-14)19(16,17)12-6-4-3-5-7-12/h3-7,10-11,13-15H,8-9H2,1-2H3/t11-,13+,14-/m0/s1. The highest BCUT2D eigenvalue weighted by atomic mass is 32.2. The average Bonchev–Trinajstić information content (AvgIpc) is 2.85. The van der Waals surface area contributed by atoms with Gasteiger partial charge in [0.1, 0.15) is 0 Å². The number of ether oxygens (including phenoxy) is 1. The van der Waals surface area contributed by atoms with Crippen molar-refractivity contribution in [2.75, 3.05) is 6.61 Å². The molecule has 1 saturated heterocycles. The van der Waals surface area contributed by atoms with Gasteiger partial charge in [0.15, 0.2) is 9.84 Å². The van der Waals surface area contributed by atoms with Gasteiger partial charge in [-0.1, -0.05) is 32.0 Å². The van der Waals surface area contributed by atoms with E-state index < -0.39 is 15.1 Å². The Balaban J connectivity index is 2.34. The van der Waals surface area contributed by atoms with Crippen molar-refractivity contribution in [2.24, 2.45) is 5.92 Å². The molecule has 1 heterocycles. The van der Waals surface area contributed by atoms with Gasteiger partial charge in [0.05, 0.1) is 29.0 Å². The van der Waals surface area contributed by atoms with Gasteiger partial charge in [-0.2, -0.15) is 0 Å². The summed E-state index contributed by atoms with van der Waals surface area (Å²) in [6.07, 6.45) is -0.380. The van der Waals surface area contributed by atoms with E-state index in [2.05, 4.69) is 0 Å². The molecule has 0 amide bonds. The summed E-state index contributed by atoms with van der Waals surface area (Å²) in [5.74, 6) is 0.0973. The van der Waals surface area contributed by atoms with E-state index in [0.29, 0.717) is 11.3 Å². The molecule has 1 aromatic rings. The number of aliphatic hydroxyl groups excluding tert-OH is 1. The zero-order valence-electron chi connectivity index (χ0n) is 11.2. The van der Waals surface area contributed by atoms with Crippen LogP contribution in [-0.2, 0) is 14.6 Å². The van der Waals surface area contributed by atoms with Crippen molar-refractivity contribution in [3.8, 4) is 0 Å². The highest BCUT2D eigenvalue weighted by Crippen LogP contribution is 2.34. The maximum Gasteiger partial charge on any atom is 0.183 e. The molecule has 0 bridgehead atoms. The van der Waals surface area contributed by atoms with Crippen molar-refractivity contribution < 1.29 is 18.3 Å². The third-order valence-electron chi connectivity index (χ3n) is 3.54. The first-order valence-corrected chi connectivity index (χ1v) is 8.06. The van der Waals surface area contributed by atoms with E-state index in [1.165, 1.54) is 0 Å². The van der Waals surface area contributed by atoms with E-state index in [0.717, 1.165) is 0 Å². The minimum atomic E-state index is -3.41. The quantitative estimate of drug-likeness (QED) is 0.913.